The number of benzene rings is 1. The van der Waals surface area contributed by atoms with Gasteiger partial charge in [-0.2, -0.15) is 5.26 Å². The number of ether oxygens (including phenoxy) is 3. The van der Waals surface area contributed by atoms with Gasteiger partial charge in [-0.1, -0.05) is 30.3 Å². The third kappa shape index (κ3) is 5.18. The van der Waals surface area contributed by atoms with Crippen molar-refractivity contribution in [2.45, 2.75) is 57.6 Å². The first kappa shape index (κ1) is 20.9. The molecule has 0 saturated carbocycles. The van der Waals surface area contributed by atoms with Crippen LogP contribution in [0.3, 0.4) is 0 Å². The first-order valence-electron chi connectivity index (χ1n) is 9.76. The highest BCUT2D eigenvalue weighted by Crippen LogP contribution is 2.28. The number of likely N-dealkylation sites (tertiary alicyclic amines) is 1. The van der Waals surface area contributed by atoms with Gasteiger partial charge in [-0.15, -0.1) is 0 Å². The standard InChI is InChI=1S/C21H27N3O5/c1-21(2,3)29-20(26)24-16(11-22)14-27-18-9-10-23(12-17(18)24)19(25)28-13-15-7-5-4-6-8-15/h4-8,16-18H,9-10,12-14H2,1-3H3/t16?,17-,18-/m1/s1. The topological polar surface area (TPSA) is 92.1 Å². The summed E-state index contributed by atoms with van der Waals surface area (Å²) >= 11 is 0. The number of rotatable bonds is 2. The van der Waals surface area contributed by atoms with Gasteiger partial charge in [0, 0.05) is 13.1 Å². The lowest BCUT2D eigenvalue weighted by Gasteiger charge is -2.48. The van der Waals surface area contributed by atoms with Gasteiger partial charge in [0.15, 0.2) is 0 Å². The molecule has 1 aromatic carbocycles. The number of amides is 2. The SMILES string of the molecule is CC(C)(C)OC(=O)N1C(C#N)CO[C@@H]2CCN(C(=O)OCc3ccccc3)C[C@H]21. The maximum atomic E-state index is 12.8. The molecule has 3 atom stereocenters. The molecule has 8 nitrogen and oxygen atoms in total. The number of carbonyl (C=O) groups is 2. The zero-order valence-electron chi connectivity index (χ0n) is 17.0. The monoisotopic (exact) mass is 401 g/mol. The molecule has 2 aliphatic rings. The van der Waals surface area contributed by atoms with Gasteiger partial charge in [0.1, 0.15) is 18.2 Å². The van der Waals surface area contributed by atoms with E-state index in [9.17, 15) is 14.9 Å². The summed E-state index contributed by atoms with van der Waals surface area (Å²) in [5.41, 5.74) is 0.213. The molecule has 0 radical (unpaired) electrons. The number of hydrogen-bond acceptors (Lipinski definition) is 6. The van der Waals surface area contributed by atoms with Gasteiger partial charge in [-0.25, -0.2) is 9.59 Å². The number of carbonyl (C=O) groups excluding carboxylic acids is 2. The average molecular weight is 401 g/mol. The van der Waals surface area contributed by atoms with Crippen molar-refractivity contribution < 1.29 is 23.8 Å². The molecule has 0 spiro atoms. The Hall–Kier alpha value is -2.79. The van der Waals surface area contributed by atoms with E-state index in [1.807, 2.05) is 30.3 Å². The summed E-state index contributed by atoms with van der Waals surface area (Å²) in [5.74, 6) is 0. The molecule has 2 aliphatic heterocycles. The lowest BCUT2D eigenvalue weighted by molar-refractivity contribution is -0.114. The van der Waals surface area contributed by atoms with Gasteiger partial charge in [0.05, 0.1) is 24.8 Å². The maximum absolute atomic E-state index is 12.8. The third-order valence-electron chi connectivity index (χ3n) is 4.90. The predicted molar refractivity (Wildman–Crippen MR) is 104 cm³/mol. The van der Waals surface area contributed by atoms with E-state index in [-0.39, 0.29) is 25.9 Å². The van der Waals surface area contributed by atoms with Crippen LogP contribution in [0.4, 0.5) is 9.59 Å². The summed E-state index contributed by atoms with van der Waals surface area (Å²) in [5, 5.41) is 9.50. The number of nitriles is 1. The summed E-state index contributed by atoms with van der Waals surface area (Å²) in [7, 11) is 0. The summed E-state index contributed by atoms with van der Waals surface area (Å²) in [6.45, 7) is 6.34. The van der Waals surface area contributed by atoms with Crippen LogP contribution in [-0.2, 0) is 20.8 Å². The Kier molecular flexibility index (Phi) is 6.28. The molecule has 156 valence electrons. The van der Waals surface area contributed by atoms with E-state index >= 15 is 0 Å². The fourth-order valence-corrected chi connectivity index (χ4v) is 3.55. The molecule has 1 unspecified atom stereocenters. The number of morpholine rings is 1. The van der Waals surface area contributed by atoms with Crippen LogP contribution < -0.4 is 0 Å². The second-order valence-electron chi connectivity index (χ2n) is 8.25. The van der Waals surface area contributed by atoms with E-state index in [1.54, 1.807) is 25.7 Å². The Balaban J connectivity index is 1.68. The molecule has 0 N–H and O–H groups in total. The first-order valence-corrected chi connectivity index (χ1v) is 9.76. The average Bonchev–Trinajstić information content (AvgIpc) is 2.70. The number of piperidine rings is 1. The van der Waals surface area contributed by atoms with Crippen LogP contribution in [0.25, 0.3) is 0 Å². The normalized spacial score (nSPS) is 24.3. The van der Waals surface area contributed by atoms with Crippen LogP contribution >= 0.6 is 0 Å². The lowest BCUT2D eigenvalue weighted by Crippen LogP contribution is -2.65. The fourth-order valence-electron chi connectivity index (χ4n) is 3.55. The van der Waals surface area contributed by atoms with Crippen molar-refractivity contribution in [3.05, 3.63) is 35.9 Å². The largest absolute Gasteiger partial charge is 0.445 e. The van der Waals surface area contributed by atoms with Crippen molar-refractivity contribution >= 4 is 12.2 Å². The van der Waals surface area contributed by atoms with Crippen molar-refractivity contribution in [3.8, 4) is 6.07 Å². The minimum atomic E-state index is -0.758. The highest BCUT2D eigenvalue weighted by atomic mass is 16.6. The van der Waals surface area contributed by atoms with E-state index in [2.05, 4.69) is 6.07 Å². The Morgan fingerprint density at radius 1 is 1.24 bits per heavy atom. The van der Waals surface area contributed by atoms with E-state index in [4.69, 9.17) is 14.2 Å². The number of fused-ring (bicyclic) bond motifs is 1. The molecule has 1 aromatic rings. The second kappa shape index (κ2) is 8.70. The van der Waals surface area contributed by atoms with Gasteiger partial charge in [0.2, 0.25) is 0 Å². The molecule has 0 aliphatic carbocycles. The summed E-state index contributed by atoms with van der Waals surface area (Å²) in [6.07, 6.45) is -0.703. The van der Waals surface area contributed by atoms with Crippen molar-refractivity contribution in [1.29, 1.82) is 5.26 Å². The lowest BCUT2D eigenvalue weighted by atomic mass is 9.97. The molecular weight excluding hydrogens is 374 g/mol. The predicted octanol–water partition coefficient (Wildman–Crippen LogP) is 2.93. The molecule has 2 saturated heterocycles. The van der Waals surface area contributed by atoms with Crippen LogP contribution in [0.5, 0.6) is 0 Å². The molecule has 2 fully saturated rings. The molecule has 2 amide bonds. The van der Waals surface area contributed by atoms with Crippen LogP contribution in [0, 0.1) is 11.3 Å². The molecule has 0 bridgehead atoms. The van der Waals surface area contributed by atoms with Crippen LogP contribution in [-0.4, -0.2) is 65.5 Å². The van der Waals surface area contributed by atoms with Gasteiger partial charge in [-0.05, 0) is 32.8 Å². The fraction of sp³-hybridized carbons (Fsp3) is 0.571. The van der Waals surface area contributed by atoms with Crippen molar-refractivity contribution in [3.63, 3.8) is 0 Å². The minimum Gasteiger partial charge on any atom is -0.445 e. The van der Waals surface area contributed by atoms with E-state index in [0.717, 1.165) is 5.56 Å². The van der Waals surface area contributed by atoms with E-state index < -0.39 is 29.9 Å². The first-order chi connectivity index (χ1) is 13.8. The highest BCUT2D eigenvalue weighted by molar-refractivity contribution is 5.71. The summed E-state index contributed by atoms with van der Waals surface area (Å²) in [6, 6.07) is 10.3. The Bertz CT molecular complexity index is 771. The molecular formula is C21H27N3O5. The Morgan fingerprint density at radius 2 is 1.97 bits per heavy atom. The van der Waals surface area contributed by atoms with Gasteiger partial charge in [0.25, 0.3) is 0 Å². The van der Waals surface area contributed by atoms with Crippen molar-refractivity contribution in [1.82, 2.24) is 9.80 Å². The van der Waals surface area contributed by atoms with Crippen LogP contribution in [0.15, 0.2) is 30.3 Å². The molecule has 0 aromatic heterocycles. The summed E-state index contributed by atoms with van der Waals surface area (Å²) < 4.78 is 16.7. The van der Waals surface area contributed by atoms with Crippen LogP contribution in [0.1, 0.15) is 32.8 Å². The quantitative estimate of drug-likeness (QED) is 0.757. The summed E-state index contributed by atoms with van der Waals surface area (Å²) in [4.78, 5) is 28.3. The zero-order valence-corrected chi connectivity index (χ0v) is 17.0. The van der Waals surface area contributed by atoms with E-state index in [1.165, 1.54) is 4.90 Å². The molecule has 2 heterocycles. The highest BCUT2D eigenvalue weighted by Gasteiger charge is 2.46. The Labute approximate surface area is 170 Å². The zero-order chi connectivity index (χ0) is 21.0. The molecule has 29 heavy (non-hydrogen) atoms. The minimum absolute atomic E-state index is 0.134. The van der Waals surface area contributed by atoms with Gasteiger partial charge in [-0.3, -0.25) is 4.90 Å². The smallest absolute Gasteiger partial charge is 0.411 e. The third-order valence-corrected chi connectivity index (χ3v) is 4.90. The number of hydrogen-bond donors (Lipinski definition) is 0. The van der Waals surface area contributed by atoms with Crippen molar-refractivity contribution in [2.75, 3.05) is 19.7 Å². The van der Waals surface area contributed by atoms with Gasteiger partial charge < -0.3 is 19.1 Å². The van der Waals surface area contributed by atoms with Crippen LogP contribution in [0.2, 0.25) is 0 Å². The second-order valence-corrected chi connectivity index (χ2v) is 8.25. The van der Waals surface area contributed by atoms with Crippen molar-refractivity contribution in [2.24, 2.45) is 0 Å². The Morgan fingerprint density at radius 3 is 2.62 bits per heavy atom. The van der Waals surface area contributed by atoms with Gasteiger partial charge >= 0.3 is 12.2 Å². The molecule has 3 rings (SSSR count). The maximum Gasteiger partial charge on any atom is 0.411 e. The molecule has 8 heteroatoms. The van der Waals surface area contributed by atoms with E-state index in [0.29, 0.717) is 13.0 Å². The number of nitrogens with zero attached hydrogens (tertiary/aromatic N) is 3.